The first-order chi connectivity index (χ1) is 16.4. The maximum Gasteiger partial charge on any atom is 0.312 e. The van der Waals surface area contributed by atoms with Gasteiger partial charge in [-0.2, -0.15) is 0 Å². The predicted octanol–water partition coefficient (Wildman–Crippen LogP) is 3.33. The van der Waals surface area contributed by atoms with Gasteiger partial charge in [-0.25, -0.2) is 0 Å². The summed E-state index contributed by atoms with van der Waals surface area (Å²) < 4.78 is 24.1. The molecule has 1 aromatic heterocycles. The summed E-state index contributed by atoms with van der Waals surface area (Å²) in [6.07, 6.45) is 0.647. The van der Waals surface area contributed by atoms with Crippen molar-refractivity contribution >= 4 is 5.97 Å². The normalized spacial score (nSPS) is 16.5. The molecule has 176 valence electrons. The van der Waals surface area contributed by atoms with Crippen molar-refractivity contribution < 1.29 is 28.8 Å². The molecule has 5 rings (SSSR count). The molecular weight excluding hydrogens is 438 g/mol. The van der Waals surface area contributed by atoms with E-state index in [4.69, 9.17) is 18.9 Å². The quantitative estimate of drug-likeness (QED) is 0.580. The molecule has 0 saturated carbocycles. The largest absolute Gasteiger partial charge is 0.508 e. The van der Waals surface area contributed by atoms with E-state index in [1.807, 2.05) is 25.1 Å². The fourth-order valence-electron chi connectivity index (χ4n) is 4.56. The maximum atomic E-state index is 13.7. The molecule has 2 aliphatic rings. The van der Waals surface area contributed by atoms with Crippen LogP contribution in [-0.4, -0.2) is 36.0 Å². The van der Waals surface area contributed by atoms with E-state index in [1.54, 1.807) is 35.9 Å². The summed E-state index contributed by atoms with van der Waals surface area (Å²) in [5.41, 5.74) is 2.68. The molecular formula is C26H25NO7. The molecule has 0 aliphatic carbocycles. The molecule has 2 aliphatic heterocycles. The molecule has 8 nitrogen and oxygen atoms in total. The van der Waals surface area contributed by atoms with Crippen molar-refractivity contribution in [1.82, 2.24) is 4.57 Å². The van der Waals surface area contributed by atoms with Crippen LogP contribution < -0.4 is 24.5 Å². The van der Waals surface area contributed by atoms with E-state index < -0.39 is 11.9 Å². The van der Waals surface area contributed by atoms with Crippen molar-refractivity contribution in [2.75, 3.05) is 20.3 Å². The first-order valence-corrected chi connectivity index (χ1v) is 11.1. The first-order valence-electron chi connectivity index (χ1n) is 11.1. The minimum absolute atomic E-state index is 0.0338. The number of carbonyl (C=O) groups excluding carboxylic acids is 1. The Bertz CT molecular complexity index is 1290. The zero-order chi connectivity index (χ0) is 23.8. The summed E-state index contributed by atoms with van der Waals surface area (Å²) >= 11 is 0. The van der Waals surface area contributed by atoms with Crippen molar-refractivity contribution in [2.45, 2.75) is 32.2 Å². The highest BCUT2D eigenvalue weighted by atomic mass is 16.6. The van der Waals surface area contributed by atoms with Gasteiger partial charge in [0.2, 0.25) is 5.75 Å². The molecule has 0 saturated heterocycles. The number of phenols is 1. The molecule has 0 unspecified atom stereocenters. The Morgan fingerprint density at radius 1 is 1.06 bits per heavy atom. The average molecular weight is 463 g/mol. The lowest BCUT2D eigenvalue weighted by Crippen LogP contribution is -2.33. The number of rotatable bonds is 5. The van der Waals surface area contributed by atoms with Crippen LogP contribution in [-0.2, 0) is 17.8 Å². The summed E-state index contributed by atoms with van der Waals surface area (Å²) in [7, 11) is 1.54. The Morgan fingerprint density at radius 3 is 2.59 bits per heavy atom. The van der Waals surface area contributed by atoms with Gasteiger partial charge in [0.05, 0.1) is 19.1 Å². The number of carbonyl (C=O) groups is 1. The molecule has 3 aromatic rings. The molecule has 1 N–H and O–H groups in total. The molecule has 0 bridgehead atoms. The van der Waals surface area contributed by atoms with E-state index >= 15 is 0 Å². The van der Waals surface area contributed by atoms with E-state index in [-0.39, 0.29) is 17.7 Å². The Hall–Kier alpha value is -3.94. The second-order valence-corrected chi connectivity index (χ2v) is 8.42. The minimum Gasteiger partial charge on any atom is -0.508 e. The number of esters is 1. The number of methoxy groups -OCH3 is 1. The standard InChI is InChI=1S/C26H25NO7/c1-15-11-20-24(26(30)27(15)8-7-16-3-5-18(28)6-4-16)19(14-23(29)34-20)17-12-21(31-2)25-22(13-17)32-9-10-33-25/h3-6,11-13,19,28H,7-10,14H2,1-2H3/t19-/m0/s1. The molecule has 1 atom stereocenters. The van der Waals surface area contributed by atoms with E-state index in [9.17, 15) is 14.7 Å². The van der Waals surface area contributed by atoms with Crippen molar-refractivity contribution in [3.05, 3.63) is 75.2 Å². The molecule has 3 heterocycles. The van der Waals surface area contributed by atoms with Gasteiger partial charge in [0.1, 0.15) is 24.7 Å². The minimum atomic E-state index is -0.506. The van der Waals surface area contributed by atoms with E-state index in [0.29, 0.717) is 60.4 Å². The highest BCUT2D eigenvalue weighted by molar-refractivity contribution is 5.78. The Balaban J connectivity index is 1.56. The van der Waals surface area contributed by atoms with Crippen LogP contribution in [0, 0.1) is 6.92 Å². The number of pyridine rings is 1. The highest BCUT2D eigenvalue weighted by Crippen LogP contribution is 2.45. The predicted molar refractivity (Wildman–Crippen MR) is 123 cm³/mol. The summed E-state index contributed by atoms with van der Waals surface area (Å²) in [5.74, 6) is 1.13. The Morgan fingerprint density at radius 2 is 1.82 bits per heavy atom. The van der Waals surface area contributed by atoms with E-state index in [1.165, 1.54) is 0 Å². The number of phenolic OH excluding ortho intramolecular Hbond substituents is 1. The Labute approximate surface area is 196 Å². The lowest BCUT2D eigenvalue weighted by Gasteiger charge is -2.28. The molecule has 8 heteroatoms. The fourth-order valence-corrected chi connectivity index (χ4v) is 4.56. The van der Waals surface area contributed by atoms with Crippen LogP contribution in [0.15, 0.2) is 47.3 Å². The van der Waals surface area contributed by atoms with Gasteiger partial charge in [-0.1, -0.05) is 12.1 Å². The van der Waals surface area contributed by atoms with Crippen LogP contribution in [0.5, 0.6) is 28.7 Å². The summed E-state index contributed by atoms with van der Waals surface area (Å²) in [5, 5.41) is 9.51. The average Bonchev–Trinajstić information content (AvgIpc) is 2.83. The third kappa shape index (κ3) is 3.96. The van der Waals surface area contributed by atoms with Crippen molar-refractivity contribution in [3.8, 4) is 28.7 Å². The Kier molecular flexibility index (Phi) is 5.65. The molecule has 0 spiro atoms. The molecule has 34 heavy (non-hydrogen) atoms. The molecule has 0 radical (unpaired) electrons. The van der Waals surface area contributed by atoms with E-state index in [0.717, 1.165) is 11.1 Å². The number of benzene rings is 2. The van der Waals surface area contributed by atoms with Crippen molar-refractivity contribution in [2.24, 2.45) is 0 Å². The number of nitrogens with zero attached hydrogens (tertiary/aromatic N) is 1. The van der Waals surface area contributed by atoms with Crippen molar-refractivity contribution in [1.29, 1.82) is 0 Å². The third-order valence-electron chi connectivity index (χ3n) is 6.26. The fraction of sp³-hybridized carbons (Fsp3) is 0.308. The van der Waals surface area contributed by atoms with Crippen LogP contribution in [0.25, 0.3) is 0 Å². The van der Waals surface area contributed by atoms with Crippen LogP contribution >= 0.6 is 0 Å². The van der Waals surface area contributed by atoms with E-state index in [2.05, 4.69) is 0 Å². The molecule has 0 fully saturated rings. The van der Waals surface area contributed by atoms with Gasteiger partial charge in [-0.05, 0) is 48.7 Å². The van der Waals surface area contributed by atoms with Crippen LogP contribution in [0.4, 0.5) is 0 Å². The second-order valence-electron chi connectivity index (χ2n) is 8.42. The van der Waals surface area contributed by atoms with Gasteiger partial charge < -0.3 is 28.6 Å². The summed E-state index contributed by atoms with van der Waals surface area (Å²) in [6, 6.07) is 12.3. The van der Waals surface area contributed by atoms with Gasteiger partial charge in [-0.3, -0.25) is 9.59 Å². The number of fused-ring (bicyclic) bond motifs is 2. The first kappa shape index (κ1) is 21.9. The number of aromatic nitrogens is 1. The number of hydrogen-bond donors (Lipinski definition) is 1. The van der Waals surface area contributed by atoms with Crippen LogP contribution in [0.2, 0.25) is 0 Å². The SMILES string of the molecule is COc1cc([C@@H]2CC(=O)Oc3cc(C)n(CCc4ccc(O)cc4)c(=O)c32)cc2c1OCCO2. The van der Waals surface area contributed by atoms with Gasteiger partial charge in [-0.15, -0.1) is 0 Å². The number of ether oxygens (including phenoxy) is 4. The zero-order valence-corrected chi connectivity index (χ0v) is 19.0. The molecule has 2 aromatic carbocycles. The number of aromatic hydroxyl groups is 1. The topological polar surface area (TPSA) is 96.2 Å². The monoisotopic (exact) mass is 463 g/mol. The maximum absolute atomic E-state index is 13.7. The lowest BCUT2D eigenvalue weighted by atomic mass is 9.86. The lowest BCUT2D eigenvalue weighted by molar-refractivity contribution is -0.135. The third-order valence-corrected chi connectivity index (χ3v) is 6.26. The summed E-state index contributed by atoms with van der Waals surface area (Å²) in [6.45, 7) is 3.11. The zero-order valence-electron chi connectivity index (χ0n) is 19.0. The van der Waals surface area contributed by atoms with Crippen LogP contribution in [0.1, 0.15) is 34.7 Å². The van der Waals surface area contributed by atoms with Gasteiger partial charge >= 0.3 is 5.97 Å². The van der Waals surface area contributed by atoms with Gasteiger partial charge in [0.25, 0.3) is 5.56 Å². The molecule has 0 amide bonds. The number of aryl methyl sites for hydroxylation is 2. The smallest absolute Gasteiger partial charge is 0.312 e. The summed E-state index contributed by atoms with van der Waals surface area (Å²) in [4.78, 5) is 26.1. The van der Waals surface area contributed by atoms with Gasteiger partial charge in [0.15, 0.2) is 11.5 Å². The van der Waals surface area contributed by atoms with Gasteiger partial charge in [0, 0.05) is 24.2 Å². The second kappa shape index (κ2) is 8.78. The number of hydrogen-bond acceptors (Lipinski definition) is 7. The van der Waals surface area contributed by atoms with Crippen LogP contribution in [0.3, 0.4) is 0 Å². The highest BCUT2D eigenvalue weighted by Gasteiger charge is 2.34. The van der Waals surface area contributed by atoms with Crippen molar-refractivity contribution in [3.63, 3.8) is 0 Å².